The first-order chi connectivity index (χ1) is 23.9. The molecule has 9 heteroatoms. The highest BCUT2D eigenvalue weighted by Gasteiger charge is 2.37. The molecule has 4 unspecified atom stereocenters. The van der Waals surface area contributed by atoms with Crippen molar-refractivity contribution in [3.63, 3.8) is 0 Å². The summed E-state index contributed by atoms with van der Waals surface area (Å²) in [6.45, 7) is 0. The van der Waals surface area contributed by atoms with E-state index in [0.717, 1.165) is 116 Å². The first kappa shape index (κ1) is 36.6. The molecule has 4 amide bonds. The van der Waals surface area contributed by atoms with E-state index in [1.165, 1.54) is 32.1 Å². The number of carbonyl (C=O) groups excluding carboxylic acids is 4. The van der Waals surface area contributed by atoms with Crippen LogP contribution < -0.4 is 21.3 Å². The lowest BCUT2D eigenvalue weighted by molar-refractivity contribution is -0.136. The van der Waals surface area contributed by atoms with Crippen molar-refractivity contribution in [2.45, 2.75) is 203 Å². The van der Waals surface area contributed by atoms with Crippen LogP contribution in [0.15, 0.2) is 0 Å². The molecule has 0 spiro atoms. The Morgan fingerprint density at radius 3 is 1.86 bits per heavy atom. The van der Waals surface area contributed by atoms with Crippen molar-refractivity contribution in [1.82, 2.24) is 21.3 Å². The van der Waals surface area contributed by atoms with Crippen molar-refractivity contribution in [3.05, 3.63) is 0 Å². The first-order valence-corrected chi connectivity index (χ1v) is 20.8. The molecule has 9 nitrogen and oxygen atoms in total. The van der Waals surface area contributed by atoms with E-state index in [1.54, 1.807) is 0 Å². The summed E-state index contributed by atoms with van der Waals surface area (Å²) in [4.78, 5) is 56.0. The van der Waals surface area contributed by atoms with Gasteiger partial charge in [0.1, 0.15) is 18.1 Å². The van der Waals surface area contributed by atoms with Crippen LogP contribution in [-0.2, 0) is 23.9 Å². The molecule has 276 valence electrons. The highest BCUT2D eigenvalue weighted by atomic mass is 16.5. The molecule has 4 bridgehead atoms. The Bertz CT molecular complexity index is 1100. The normalized spacial score (nSPS) is 34.8. The molecular weight excluding hydrogens is 616 g/mol. The fraction of sp³-hybridized carbons (Fsp3) is 0.900. The summed E-state index contributed by atoms with van der Waals surface area (Å²) in [7, 11) is 0. The second-order valence-electron chi connectivity index (χ2n) is 17.0. The average molecular weight is 683 g/mol. The summed E-state index contributed by atoms with van der Waals surface area (Å²) in [5.74, 6) is 0.474. The second kappa shape index (κ2) is 18.4. The SMILES string of the molecule is O=C(N[C@H]1CC2CCCC(C2)OC2CCCC(C2)C[C@@H](C(=O)NC2CCCC2)NC(=O)[C@H](CCC2CCCCC2)NC1=O)C1CCCCC1. The fourth-order valence-corrected chi connectivity index (χ4v) is 10.3. The van der Waals surface area contributed by atoms with E-state index >= 15 is 0 Å². The predicted octanol–water partition coefficient (Wildman–Crippen LogP) is 6.37. The minimum absolute atomic E-state index is 0.0158. The number of hydrogen-bond acceptors (Lipinski definition) is 5. The van der Waals surface area contributed by atoms with Crippen LogP contribution in [0.2, 0.25) is 0 Å². The monoisotopic (exact) mass is 683 g/mol. The third-order valence-electron chi connectivity index (χ3n) is 13.2. The van der Waals surface area contributed by atoms with Gasteiger partial charge < -0.3 is 26.0 Å². The van der Waals surface area contributed by atoms with E-state index in [9.17, 15) is 19.2 Å². The smallest absolute Gasteiger partial charge is 0.243 e. The number of amides is 4. The van der Waals surface area contributed by atoms with Gasteiger partial charge in [-0.1, -0.05) is 89.9 Å². The maximum absolute atomic E-state index is 14.3. The third kappa shape index (κ3) is 10.9. The second-order valence-corrected chi connectivity index (χ2v) is 17.0. The van der Waals surface area contributed by atoms with Gasteiger partial charge in [-0.2, -0.15) is 0 Å². The minimum atomic E-state index is -0.736. The Hall–Kier alpha value is -2.16. The minimum Gasteiger partial charge on any atom is -0.375 e. The Labute approximate surface area is 295 Å². The van der Waals surface area contributed by atoms with Gasteiger partial charge in [-0.15, -0.1) is 0 Å². The van der Waals surface area contributed by atoms with E-state index in [4.69, 9.17) is 4.74 Å². The fourth-order valence-electron chi connectivity index (χ4n) is 10.3. The molecule has 49 heavy (non-hydrogen) atoms. The van der Waals surface area contributed by atoms with Crippen molar-refractivity contribution in [2.24, 2.45) is 23.7 Å². The molecule has 0 aromatic heterocycles. The Kier molecular flexibility index (Phi) is 13.7. The molecule has 1 heterocycles. The molecule has 7 atom stereocenters. The molecule has 6 aliphatic rings. The molecule has 0 radical (unpaired) electrons. The number of carbonyl (C=O) groups is 4. The van der Waals surface area contributed by atoms with Gasteiger partial charge in [-0.3, -0.25) is 19.2 Å². The van der Waals surface area contributed by atoms with Gasteiger partial charge in [0.15, 0.2) is 0 Å². The van der Waals surface area contributed by atoms with Gasteiger partial charge in [0, 0.05) is 12.0 Å². The lowest BCUT2D eigenvalue weighted by atomic mass is 9.80. The molecule has 6 rings (SSSR count). The Morgan fingerprint density at radius 1 is 0.571 bits per heavy atom. The van der Waals surface area contributed by atoms with Crippen LogP contribution in [0, 0.1) is 23.7 Å². The van der Waals surface area contributed by atoms with Gasteiger partial charge in [0.25, 0.3) is 0 Å². The van der Waals surface area contributed by atoms with Crippen molar-refractivity contribution in [2.75, 3.05) is 0 Å². The van der Waals surface area contributed by atoms with E-state index in [-0.39, 0.29) is 53.7 Å². The van der Waals surface area contributed by atoms with Crippen LogP contribution >= 0.6 is 0 Å². The average Bonchev–Trinajstić information content (AvgIpc) is 3.63. The number of nitrogens with one attached hydrogen (secondary N) is 4. The van der Waals surface area contributed by atoms with Crippen LogP contribution in [-0.4, -0.2) is 60.0 Å². The molecule has 5 aliphatic carbocycles. The van der Waals surface area contributed by atoms with Gasteiger partial charge in [0.05, 0.1) is 12.2 Å². The molecule has 6 fully saturated rings. The predicted molar refractivity (Wildman–Crippen MR) is 190 cm³/mol. The number of rotatable bonds is 7. The lowest BCUT2D eigenvalue weighted by Crippen LogP contribution is -2.58. The van der Waals surface area contributed by atoms with Crippen molar-refractivity contribution >= 4 is 23.6 Å². The summed E-state index contributed by atoms with van der Waals surface area (Å²) in [6, 6.07) is -1.89. The highest BCUT2D eigenvalue weighted by Crippen LogP contribution is 2.36. The molecule has 5 saturated carbocycles. The summed E-state index contributed by atoms with van der Waals surface area (Å²) in [6.07, 6.45) is 26.3. The van der Waals surface area contributed by atoms with Crippen LogP contribution in [0.25, 0.3) is 0 Å². The van der Waals surface area contributed by atoms with Gasteiger partial charge in [0.2, 0.25) is 23.6 Å². The zero-order chi connectivity index (χ0) is 34.0. The van der Waals surface area contributed by atoms with Crippen molar-refractivity contribution in [3.8, 4) is 0 Å². The van der Waals surface area contributed by atoms with Crippen molar-refractivity contribution < 1.29 is 23.9 Å². The Morgan fingerprint density at radius 2 is 1.18 bits per heavy atom. The van der Waals surface area contributed by atoms with E-state index in [2.05, 4.69) is 21.3 Å². The van der Waals surface area contributed by atoms with Crippen LogP contribution in [0.4, 0.5) is 0 Å². The molecular formula is C40H66N4O5. The van der Waals surface area contributed by atoms with Crippen LogP contribution in [0.5, 0.6) is 0 Å². The maximum atomic E-state index is 14.3. The Balaban J connectivity index is 1.24. The summed E-state index contributed by atoms with van der Waals surface area (Å²) < 4.78 is 6.79. The molecule has 0 aromatic rings. The topological polar surface area (TPSA) is 126 Å². The summed E-state index contributed by atoms with van der Waals surface area (Å²) in [5.41, 5.74) is 0. The number of ether oxygens (including phenoxy) is 1. The first-order valence-electron chi connectivity index (χ1n) is 20.8. The van der Waals surface area contributed by atoms with Crippen molar-refractivity contribution in [1.29, 1.82) is 0 Å². The van der Waals surface area contributed by atoms with E-state index < -0.39 is 18.1 Å². The van der Waals surface area contributed by atoms with Gasteiger partial charge in [-0.25, -0.2) is 0 Å². The zero-order valence-electron chi connectivity index (χ0n) is 30.2. The van der Waals surface area contributed by atoms with E-state index in [0.29, 0.717) is 31.1 Å². The highest BCUT2D eigenvalue weighted by molar-refractivity contribution is 5.94. The summed E-state index contributed by atoms with van der Waals surface area (Å²) >= 11 is 0. The quantitative estimate of drug-likeness (QED) is 0.249. The molecule has 0 aromatic carbocycles. The molecule has 4 N–H and O–H groups in total. The van der Waals surface area contributed by atoms with Gasteiger partial charge >= 0.3 is 0 Å². The van der Waals surface area contributed by atoms with Gasteiger partial charge in [-0.05, 0) is 94.8 Å². The third-order valence-corrected chi connectivity index (χ3v) is 13.2. The summed E-state index contributed by atoms with van der Waals surface area (Å²) in [5, 5.41) is 12.8. The van der Waals surface area contributed by atoms with Crippen LogP contribution in [0.1, 0.15) is 167 Å². The van der Waals surface area contributed by atoms with E-state index in [1.807, 2.05) is 0 Å². The van der Waals surface area contributed by atoms with Crippen LogP contribution in [0.3, 0.4) is 0 Å². The maximum Gasteiger partial charge on any atom is 0.243 e. The lowest BCUT2D eigenvalue weighted by Gasteiger charge is -2.38. The standard InChI is InChI=1S/C40H66N4O5/c45-37(30-15-5-2-6-16-30)43-36-26-29-14-10-20-33(24-29)49-32-19-9-13-28(23-32)25-35(39(47)41-31-17-7-8-18-31)44-38(46)34(42-40(36)48)22-21-27-11-3-1-4-12-27/h27-36H,1-26H2,(H,41,47)(H,42,48)(H,43,45)(H,44,46)/t28?,29?,32?,33?,34-,35-,36-/m0/s1. The molecule has 1 saturated heterocycles. The largest absolute Gasteiger partial charge is 0.375 e. The number of fused-ring (bicyclic) bond motifs is 4. The zero-order valence-corrected chi connectivity index (χ0v) is 30.2. The molecule has 1 aliphatic heterocycles. The number of hydrogen-bond donors (Lipinski definition) is 4.